The van der Waals surface area contributed by atoms with Crippen molar-refractivity contribution in [2.45, 2.75) is 12.9 Å². The summed E-state index contributed by atoms with van der Waals surface area (Å²) in [5.41, 5.74) is 1.21. The van der Waals surface area contributed by atoms with Crippen molar-refractivity contribution in [1.82, 2.24) is 10.3 Å². The summed E-state index contributed by atoms with van der Waals surface area (Å²) in [4.78, 5) is 17.9. The largest absolute Gasteiger partial charge is 0.573 e. The highest BCUT2D eigenvalue weighted by Crippen LogP contribution is 2.23. The van der Waals surface area contributed by atoms with Crippen molar-refractivity contribution in [3.63, 3.8) is 0 Å². The SMILES string of the molecule is CN(C)c1cc(CNC(=O)Nc2ccc(OC(F)(F)F)cc2)ccn1. The number of benzene rings is 1. The molecule has 2 aromatic rings. The van der Waals surface area contributed by atoms with Crippen molar-refractivity contribution in [3.05, 3.63) is 48.2 Å². The molecule has 6 nitrogen and oxygen atoms in total. The summed E-state index contributed by atoms with van der Waals surface area (Å²) in [6.45, 7) is 0.282. The number of rotatable bonds is 5. The molecule has 0 saturated carbocycles. The first-order chi connectivity index (χ1) is 11.7. The van der Waals surface area contributed by atoms with E-state index in [2.05, 4.69) is 20.4 Å². The van der Waals surface area contributed by atoms with Crippen LogP contribution in [0.4, 0.5) is 29.5 Å². The number of nitrogens with one attached hydrogen (secondary N) is 2. The average molecular weight is 354 g/mol. The molecule has 1 aromatic carbocycles. The van der Waals surface area contributed by atoms with Gasteiger partial charge in [0.15, 0.2) is 0 Å². The number of pyridine rings is 1. The van der Waals surface area contributed by atoms with Crippen LogP contribution in [-0.2, 0) is 6.54 Å². The van der Waals surface area contributed by atoms with Crippen molar-refractivity contribution >= 4 is 17.5 Å². The molecule has 0 aliphatic carbocycles. The van der Waals surface area contributed by atoms with Gasteiger partial charge in [0.05, 0.1) is 0 Å². The third-order valence-corrected chi connectivity index (χ3v) is 3.07. The molecule has 9 heteroatoms. The summed E-state index contributed by atoms with van der Waals surface area (Å²) in [6.07, 6.45) is -3.11. The summed E-state index contributed by atoms with van der Waals surface area (Å²) in [5, 5.41) is 5.19. The van der Waals surface area contributed by atoms with Gasteiger partial charge in [-0.15, -0.1) is 13.2 Å². The molecule has 0 saturated heterocycles. The molecule has 2 rings (SSSR count). The molecular formula is C16H17F3N4O2. The number of hydrogen-bond donors (Lipinski definition) is 2. The van der Waals surface area contributed by atoms with Crippen LogP contribution in [0.2, 0.25) is 0 Å². The minimum absolute atomic E-state index is 0.282. The van der Waals surface area contributed by atoms with Crippen molar-refractivity contribution in [3.8, 4) is 5.75 Å². The quantitative estimate of drug-likeness (QED) is 0.864. The summed E-state index contributed by atoms with van der Waals surface area (Å²) in [5.74, 6) is 0.409. The monoisotopic (exact) mass is 354 g/mol. The van der Waals surface area contributed by atoms with E-state index in [4.69, 9.17) is 0 Å². The fraction of sp³-hybridized carbons (Fsp3) is 0.250. The van der Waals surface area contributed by atoms with Crippen LogP contribution in [0.15, 0.2) is 42.6 Å². The number of nitrogens with zero attached hydrogens (tertiary/aromatic N) is 2. The molecule has 0 atom stereocenters. The van der Waals surface area contributed by atoms with Gasteiger partial charge in [-0.05, 0) is 42.0 Å². The van der Waals surface area contributed by atoms with Crippen LogP contribution in [0.5, 0.6) is 5.75 Å². The standard InChI is InChI=1S/C16H17F3N4O2/c1-23(2)14-9-11(7-8-20-14)10-21-15(24)22-12-3-5-13(6-4-12)25-16(17,18)19/h3-9H,10H2,1-2H3,(H2,21,22,24). The molecule has 0 bridgehead atoms. The maximum absolute atomic E-state index is 12.1. The number of aromatic nitrogens is 1. The minimum Gasteiger partial charge on any atom is -0.406 e. The lowest BCUT2D eigenvalue weighted by molar-refractivity contribution is -0.274. The number of carbonyl (C=O) groups excluding carboxylic acids is 1. The van der Waals surface area contributed by atoms with Gasteiger partial charge >= 0.3 is 12.4 Å². The van der Waals surface area contributed by atoms with E-state index < -0.39 is 12.4 Å². The molecule has 1 aromatic heterocycles. The van der Waals surface area contributed by atoms with Crippen LogP contribution in [-0.4, -0.2) is 31.5 Å². The number of carbonyl (C=O) groups is 1. The molecule has 0 spiro atoms. The summed E-state index contributed by atoms with van der Waals surface area (Å²) >= 11 is 0. The van der Waals surface area contributed by atoms with Gasteiger partial charge in [-0.25, -0.2) is 9.78 Å². The fourth-order valence-electron chi connectivity index (χ4n) is 1.91. The molecule has 0 aliphatic rings. The molecule has 2 N–H and O–H groups in total. The summed E-state index contributed by atoms with van der Waals surface area (Å²) in [6, 6.07) is 8.01. The van der Waals surface area contributed by atoms with E-state index in [0.717, 1.165) is 23.5 Å². The molecule has 1 heterocycles. The van der Waals surface area contributed by atoms with Gasteiger partial charge in [-0.3, -0.25) is 0 Å². The smallest absolute Gasteiger partial charge is 0.406 e. The first kappa shape index (κ1) is 18.4. The zero-order valence-electron chi connectivity index (χ0n) is 13.6. The first-order valence-corrected chi connectivity index (χ1v) is 7.26. The number of hydrogen-bond acceptors (Lipinski definition) is 4. The van der Waals surface area contributed by atoms with Gasteiger partial charge in [-0.2, -0.15) is 0 Å². The van der Waals surface area contributed by atoms with Crippen LogP contribution >= 0.6 is 0 Å². The highest BCUT2D eigenvalue weighted by Gasteiger charge is 2.30. The second-order valence-corrected chi connectivity index (χ2v) is 5.30. The van der Waals surface area contributed by atoms with E-state index in [1.54, 1.807) is 12.3 Å². The second-order valence-electron chi connectivity index (χ2n) is 5.30. The molecule has 0 unspecified atom stereocenters. The normalized spacial score (nSPS) is 10.9. The van der Waals surface area contributed by atoms with Crippen LogP contribution in [0.25, 0.3) is 0 Å². The van der Waals surface area contributed by atoms with Gasteiger partial charge in [0, 0.05) is 32.5 Å². The third-order valence-electron chi connectivity index (χ3n) is 3.07. The third kappa shape index (κ3) is 6.21. The van der Waals surface area contributed by atoms with E-state index >= 15 is 0 Å². The highest BCUT2D eigenvalue weighted by molar-refractivity contribution is 5.89. The molecule has 25 heavy (non-hydrogen) atoms. The van der Waals surface area contributed by atoms with Crippen molar-refractivity contribution < 1.29 is 22.7 Å². The predicted molar refractivity (Wildman–Crippen MR) is 87.5 cm³/mol. The van der Waals surface area contributed by atoms with Crippen LogP contribution in [0, 0.1) is 0 Å². The van der Waals surface area contributed by atoms with Gasteiger partial charge in [-0.1, -0.05) is 0 Å². The van der Waals surface area contributed by atoms with Crippen LogP contribution < -0.4 is 20.3 Å². The molecule has 0 fully saturated rings. The first-order valence-electron chi connectivity index (χ1n) is 7.26. The number of anilines is 2. The van der Waals surface area contributed by atoms with Gasteiger partial charge in [0.1, 0.15) is 11.6 Å². The van der Waals surface area contributed by atoms with Crippen molar-refractivity contribution in [2.24, 2.45) is 0 Å². The Kier molecular flexibility index (Phi) is 5.68. The van der Waals surface area contributed by atoms with Crippen LogP contribution in [0.1, 0.15) is 5.56 Å². The Morgan fingerprint density at radius 3 is 2.48 bits per heavy atom. The van der Waals surface area contributed by atoms with Gasteiger partial charge in [0.2, 0.25) is 0 Å². The summed E-state index contributed by atoms with van der Waals surface area (Å²) in [7, 11) is 3.72. The van der Waals surface area contributed by atoms with E-state index in [9.17, 15) is 18.0 Å². The number of ether oxygens (including phenoxy) is 1. The highest BCUT2D eigenvalue weighted by atomic mass is 19.4. The van der Waals surface area contributed by atoms with E-state index in [0.29, 0.717) is 5.69 Å². The zero-order valence-corrected chi connectivity index (χ0v) is 13.6. The predicted octanol–water partition coefficient (Wildman–Crippen LogP) is 3.37. The number of alkyl halides is 3. The molecule has 0 radical (unpaired) electrons. The topological polar surface area (TPSA) is 66.5 Å². The lowest BCUT2D eigenvalue weighted by Gasteiger charge is -2.13. The van der Waals surface area contributed by atoms with E-state index in [1.807, 2.05) is 25.1 Å². The Balaban J connectivity index is 1.87. The van der Waals surface area contributed by atoms with Crippen molar-refractivity contribution in [2.75, 3.05) is 24.3 Å². The Bertz CT molecular complexity index is 718. The Hall–Kier alpha value is -2.97. The zero-order chi connectivity index (χ0) is 18.4. The number of amides is 2. The van der Waals surface area contributed by atoms with E-state index in [1.165, 1.54) is 12.1 Å². The lowest BCUT2D eigenvalue weighted by atomic mass is 10.2. The van der Waals surface area contributed by atoms with E-state index in [-0.39, 0.29) is 12.3 Å². The van der Waals surface area contributed by atoms with Gasteiger partial charge < -0.3 is 20.3 Å². The minimum atomic E-state index is -4.75. The molecular weight excluding hydrogens is 337 g/mol. The second kappa shape index (κ2) is 7.73. The van der Waals surface area contributed by atoms with Crippen molar-refractivity contribution in [1.29, 1.82) is 0 Å². The summed E-state index contributed by atoms with van der Waals surface area (Å²) < 4.78 is 40.0. The molecule has 134 valence electrons. The maximum Gasteiger partial charge on any atom is 0.573 e. The average Bonchev–Trinajstić information content (AvgIpc) is 2.54. The Labute approximate surface area is 142 Å². The van der Waals surface area contributed by atoms with Crippen LogP contribution in [0.3, 0.4) is 0 Å². The van der Waals surface area contributed by atoms with Gasteiger partial charge in [0.25, 0.3) is 0 Å². The Morgan fingerprint density at radius 2 is 1.88 bits per heavy atom. The fourth-order valence-corrected chi connectivity index (χ4v) is 1.91. The molecule has 0 aliphatic heterocycles. The number of halogens is 3. The number of urea groups is 1. The maximum atomic E-state index is 12.1. The Morgan fingerprint density at radius 1 is 1.20 bits per heavy atom. The lowest BCUT2D eigenvalue weighted by Crippen LogP contribution is -2.28. The molecule has 2 amide bonds.